The van der Waals surface area contributed by atoms with Gasteiger partial charge in [0.2, 0.25) is 5.91 Å². The summed E-state index contributed by atoms with van der Waals surface area (Å²) in [4.78, 5) is 12.3. The molecule has 0 unspecified atom stereocenters. The van der Waals surface area contributed by atoms with Crippen molar-refractivity contribution in [1.29, 1.82) is 0 Å². The highest BCUT2D eigenvalue weighted by Gasteiger charge is 2.13. The number of halogens is 1. The van der Waals surface area contributed by atoms with Crippen molar-refractivity contribution >= 4 is 23.7 Å². The molecule has 0 aliphatic rings. The Labute approximate surface area is 194 Å². The third-order valence-corrected chi connectivity index (χ3v) is 5.09. The second kappa shape index (κ2) is 11.3. The lowest BCUT2D eigenvalue weighted by Crippen LogP contribution is -2.20. The minimum atomic E-state index is -0.188. The maximum Gasteiger partial charge on any atom is 0.244 e. The number of rotatable bonds is 9. The first-order valence-corrected chi connectivity index (χ1v) is 10.8. The molecule has 0 saturated heterocycles. The van der Waals surface area contributed by atoms with E-state index in [9.17, 15) is 4.79 Å². The Morgan fingerprint density at radius 2 is 1.84 bits per heavy atom. The van der Waals surface area contributed by atoms with Crippen molar-refractivity contribution in [2.45, 2.75) is 33.8 Å². The fourth-order valence-corrected chi connectivity index (χ4v) is 3.50. The molecule has 1 N–H and O–H groups in total. The number of carbonyl (C=O) groups is 1. The minimum Gasteiger partial charge on any atom is -0.490 e. The van der Waals surface area contributed by atoms with Crippen molar-refractivity contribution in [1.82, 2.24) is 5.43 Å². The SMILES string of the molecule is CCOc1cc(/C=N/NC(=O)Cc2ccc(C)cc2C)cc(Cl)c1OCc1ccccc1. The average molecular weight is 451 g/mol. The monoisotopic (exact) mass is 450 g/mol. The van der Waals surface area contributed by atoms with Crippen molar-refractivity contribution in [3.63, 3.8) is 0 Å². The number of nitrogens with zero attached hydrogens (tertiary/aromatic N) is 1. The molecule has 6 heteroatoms. The Kier molecular flexibility index (Phi) is 8.28. The van der Waals surface area contributed by atoms with Crippen molar-refractivity contribution in [3.05, 3.63) is 93.5 Å². The minimum absolute atomic E-state index is 0.188. The molecule has 0 spiro atoms. The predicted octanol–water partition coefficient (Wildman–Crippen LogP) is 5.63. The van der Waals surface area contributed by atoms with E-state index in [-0.39, 0.29) is 12.3 Å². The van der Waals surface area contributed by atoms with E-state index in [0.29, 0.717) is 35.3 Å². The van der Waals surface area contributed by atoms with Crippen LogP contribution in [0, 0.1) is 13.8 Å². The molecule has 0 aliphatic heterocycles. The first-order valence-electron chi connectivity index (χ1n) is 10.5. The smallest absolute Gasteiger partial charge is 0.244 e. The Morgan fingerprint density at radius 3 is 2.56 bits per heavy atom. The van der Waals surface area contributed by atoms with Crippen molar-refractivity contribution in [2.24, 2.45) is 5.10 Å². The number of carbonyl (C=O) groups excluding carboxylic acids is 1. The molecule has 0 heterocycles. The molecule has 0 fully saturated rings. The van der Waals surface area contributed by atoms with Crippen LogP contribution in [0.1, 0.15) is 34.7 Å². The van der Waals surface area contributed by atoms with Crippen LogP contribution in [-0.4, -0.2) is 18.7 Å². The molecule has 0 aliphatic carbocycles. The van der Waals surface area contributed by atoms with Gasteiger partial charge in [-0.1, -0.05) is 65.7 Å². The Morgan fingerprint density at radius 1 is 1.06 bits per heavy atom. The van der Waals surface area contributed by atoms with Gasteiger partial charge in [-0.05, 0) is 55.2 Å². The first-order chi connectivity index (χ1) is 15.5. The summed E-state index contributed by atoms with van der Waals surface area (Å²) in [5.74, 6) is 0.819. The van der Waals surface area contributed by atoms with Crippen LogP contribution in [0.15, 0.2) is 65.8 Å². The largest absolute Gasteiger partial charge is 0.490 e. The Bertz CT molecular complexity index is 1100. The molecular weight excluding hydrogens is 424 g/mol. The summed E-state index contributed by atoms with van der Waals surface area (Å²) < 4.78 is 11.6. The van der Waals surface area contributed by atoms with Gasteiger partial charge >= 0.3 is 0 Å². The lowest BCUT2D eigenvalue weighted by atomic mass is 10.0. The maximum absolute atomic E-state index is 12.3. The van der Waals surface area contributed by atoms with E-state index in [1.165, 1.54) is 11.8 Å². The van der Waals surface area contributed by atoms with Crippen molar-refractivity contribution in [3.8, 4) is 11.5 Å². The zero-order chi connectivity index (χ0) is 22.9. The van der Waals surface area contributed by atoms with E-state index in [2.05, 4.69) is 16.6 Å². The Hall–Kier alpha value is -3.31. The molecule has 0 bridgehead atoms. The van der Waals surface area contributed by atoms with E-state index in [0.717, 1.165) is 16.7 Å². The molecular formula is C26H27ClN2O3. The van der Waals surface area contributed by atoms with Gasteiger partial charge in [0.15, 0.2) is 11.5 Å². The van der Waals surface area contributed by atoms with Crippen LogP contribution in [0.5, 0.6) is 11.5 Å². The van der Waals surface area contributed by atoms with Gasteiger partial charge in [0.25, 0.3) is 0 Å². The summed E-state index contributed by atoms with van der Waals surface area (Å²) in [7, 11) is 0. The van der Waals surface area contributed by atoms with E-state index in [4.69, 9.17) is 21.1 Å². The van der Waals surface area contributed by atoms with Crippen LogP contribution in [0.2, 0.25) is 5.02 Å². The molecule has 166 valence electrons. The lowest BCUT2D eigenvalue weighted by Gasteiger charge is -2.14. The van der Waals surface area contributed by atoms with Gasteiger partial charge in [-0.25, -0.2) is 5.43 Å². The summed E-state index contributed by atoms with van der Waals surface area (Å²) in [6, 6.07) is 19.4. The van der Waals surface area contributed by atoms with E-state index < -0.39 is 0 Å². The summed E-state index contributed by atoms with van der Waals surface area (Å²) in [5.41, 5.74) is 7.52. The fourth-order valence-electron chi connectivity index (χ4n) is 3.23. The lowest BCUT2D eigenvalue weighted by molar-refractivity contribution is -0.120. The molecule has 1 amide bonds. The number of amides is 1. The molecule has 3 aromatic carbocycles. The first kappa shape index (κ1) is 23.4. The number of ether oxygens (including phenoxy) is 2. The number of benzene rings is 3. The van der Waals surface area contributed by atoms with E-state index >= 15 is 0 Å². The highest BCUT2D eigenvalue weighted by molar-refractivity contribution is 6.32. The van der Waals surface area contributed by atoms with Gasteiger partial charge in [0, 0.05) is 0 Å². The molecule has 0 atom stereocenters. The number of nitrogens with one attached hydrogen (secondary N) is 1. The Balaban J connectivity index is 1.66. The van der Waals surface area contributed by atoms with Gasteiger partial charge in [-0.2, -0.15) is 5.10 Å². The quantitative estimate of drug-likeness (QED) is 0.339. The molecule has 5 nitrogen and oxygen atoms in total. The van der Waals surface area contributed by atoms with Crippen LogP contribution < -0.4 is 14.9 Å². The normalized spacial score (nSPS) is 10.9. The van der Waals surface area contributed by atoms with Gasteiger partial charge in [-0.3, -0.25) is 4.79 Å². The number of aryl methyl sites for hydroxylation is 2. The van der Waals surface area contributed by atoms with Gasteiger partial charge in [0.05, 0.1) is 24.3 Å². The van der Waals surface area contributed by atoms with Crippen LogP contribution in [0.4, 0.5) is 0 Å². The van der Waals surface area contributed by atoms with E-state index in [1.807, 2.05) is 63.2 Å². The summed E-state index contributed by atoms with van der Waals surface area (Å²) >= 11 is 6.46. The predicted molar refractivity (Wildman–Crippen MR) is 129 cm³/mol. The van der Waals surface area contributed by atoms with Gasteiger partial charge in [-0.15, -0.1) is 0 Å². The number of hydrazone groups is 1. The fraction of sp³-hybridized carbons (Fsp3) is 0.231. The number of hydrogen-bond acceptors (Lipinski definition) is 4. The zero-order valence-corrected chi connectivity index (χ0v) is 19.3. The zero-order valence-electron chi connectivity index (χ0n) is 18.5. The topological polar surface area (TPSA) is 59.9 Å². The number of hydrogen-bond donors (Lipinski definition) is 1. The summed E-state index contributed by atoms with van der Waals surface area (Å²) in [6.45, 7) is 6.76. The molecule has 0 radical (unpaired) electrons. The molecule has 3 aromatic rings. The van der Waals surface area contributed by atoms with Crippen molar-refractivity contribution in [2.75, 3.05) is 6.61 Å². The van der Waals surface area contributed by atoms with Crippen LogP contribution >= 0.6 is 11.6 Å². The standard InChI is InChI=1S/C26H27ClN2O3/c1-4-31-24-14-21(13-23(27)26(24)32-17-20-8-6-5-7-9-20)16-28-29-25(30)15-22-11-10-18(2)12-19(22)3/h5-14,16H,4,15,17H2,1-3H3,(H,29,30)/b28-16+. The molecule has 0 aromatic heterocycles. The van der Waals surface area contributed by atoms with Crippen LogP contribution in [0.3, 0.4) is 0 Å². The molecule has 0 saturated carbocycles. The van der Waals surface area contributed by atoms with Gasteiger partial charge in [0.1, 0.15) is 6.61 Å². The van der Waals surface area contributed by atoms with Crippen LogP contribution in [0.25, 0.3) is 0 Å². The maximum atomic E-state index is 12.3. The van der Waals surface area contributed by atoms with E-state index in [1.54, 1.807) is 12.1 Å². The third kappa shape index (κ3) is 6.59. The molecule has 3 rings (SSSR count). The average Bonchev–Trinajstić information content (AvgIpc) is 2.76. The van der Waals surface area contributed by atoms with Gasteiger partial charge < -0.3 is 9.47 Å². The highest BCUT2D eigenvalue weighted by Crippen LogP contribution is 2.37. The van der Waals surface area contributed by atoms with Crippen LogP contribution in [-0.2, 0) is 17.8 Å². The third-order valence-electron chi connectivity index (χ3n) is 4.81. The molecule has 32 heavy (non-hydrogen) atoms. The summed E-state index contributed by atoms with van der Waals surface area (Å²) in [5, 5.41) is 4.48. The second-order valence-corrected chi connectivity index (χ2v) is 7.84. The van der Waals surface area contributed by atoms with Crippen molar-refractivity contribution < 1.29 is 14.3 Å². The second-order valence-electron chi connectivity index (χ2n) is 7.44. The summed E-state index contributed by atoms with van der Waals surface area (Å²) in [6.07, 6.45) is 1.80. The highest BCUT2D eigenvalue weighted by atomic mass is 35.5.